The van der Waals surface area contributed by atoms with E-state index in [2.05, 4.69) is 0 Å². The van der Waals surface area contributed by atoms with Gasteiger partial charge in [-0.3, -0.25) is 9.59 Å². The molecule has 0 N–H and O–H groups in total. The molecule has 4 atom stereocenters. The minimum Gasteiger partial charge on any atom is -0.300 e. The molecule has 0 unspecified atom stereocenters. The number of rotatable bonds is 3. The van der Waals surface area contributed by atoms with Crippen molar-refractivity contribution in [3.63, 3.8) is 0 Å². The smallest absolute Gasteiger partial charge is 0.166 e. The van der Waals surface area contributed by atoms with E-state index in [1.54, 1.807) is 6.92 Å². The second-order valence-electron chi connectivity index (χ2n) is 5.65. The van der Waals surface area contributed by atoms with Gasteiger partial charge in [-0.15, -0.1) is 0 Å². The number of ketones is 2. The largest absolute Gasteiger partial charge is 0.300 e. The summed E-state index contributed by atoms with van der Waals surface area (Å²) in [5, 5.41) is 0. The lowest BCUT2D eigenvalue weighted by Gasteiger charge is -2.46. The molecule has 2 fully saturated rings. The Labute approximate surface area is 107 Å². The second-order valence-corrected chi connectivity index (χ2v) is 5.65. The van der Waals surface area contributed by atoms with Crippen LogP contribution >= 0.6 is 0 Å². The van der Waals surface area contributed by atoms with Gasteiger partial charge in [-0.2, -0.15) is 0 Å². The molecule has 0 bridgehead atoms. The second kappa shape index (κ2) is 4.34. The average molecular weight is 242 g/mol. The van der Waals surface area contributed by atoms with Crippen LogP contribution in [0.4, 0.5) is 0 Å². The minimum atomic E-state index is -0.0441. The Kier molecular flexibility index (Phi) is 2.81. The van der Waals surface area contributed by atoms with Crippen LogP contribution in [0.5, 0.6) is 0 Å². The van der Waals surface area contributed by atoms with E-state index in [0.29, 0.717) is 11.8 Å². The molecule has 0 saturated heterocycles. The summed E-state index contributed by atoms with van der Waals surface area (Å²) >= 11 is 0. The van der Waals surface area contributed by atoms with Crippen molar-refractivity contribution in [3.05, 3.63) is 35.9 Å². The van der Waals surface area contributed by atoms with Crippen molar-refractivity contribution < 1.29 is 9.59 Å². The standard InChI is InChI=1S/C16H18O2/c1-10(17)14-12-8-5-9-13(12)15(14)16(18)11-6-3-2-4-7-11/h2-4,6-7,12-15H,5,8-9H2,1H3/t12-,13+,14-,15-/m0/s1. The highest BCUT2D eigenvalue weighted by Crippen LogP contribution is 2.56. The fourth-order valence-corrected chi connectivity index (χ4v) is 4.00. The highest BCUT2D eigenvalue weighted by molar-refractivity contribution is 6.02. The summed E-state index contributed by atoms with van der Waals surface area (Å²) in [6, 6.07) is 9.42. The molecule has 0 radical (unpaired) electrons. The lowest BCUT2D eigenvalue weighted by molar-refractivity contribution is -0.131. The van der Waals surface area contributed by atoms with Crippen molar-refractivity contribution in [1.29, 1.82) is 0 Å². The topological polar surface area (TPSA) is 34.1 Å². The van der Waals surface area contributed by atoms with E-state index in [-0.39, 0.29) is 23.4 Å². The molecule has 0 spiro atoms. The molecule has 2 aliphatic carbocycles. The Morgan fingerprint density at radius 1 is 1.00 bits per heavy atom. The molecule has 1 aromatic carbocycles. The third kappa shape index (κ3) is 1.63. The van der Waals surface area contributed by atoms with Gasteiger partial charge in [-0.05, 0) is 31.6 Å². The van der Waals surface area contributed by atoms with Gasteiger partial charge in [0, 0.05) is 17.4 Å². The van der Waals surface area contributed by atoms with Crippen LogP contribution in [0, 0.1) is 23.7 Å². The summed E-state index contributed by atoms with van der Waals surface area (Å²) in [7, 11) is 0. The van der Waals surface area contributed by atoms with Crippen molar-refractivity contribution >= 4 is 11.6 Å². The van der Waals surface area contributed by atoms with E-state index in [9.17, 15) is 9.59 Å². The number of hydrogen-bond donors (Lipinski definition) is 0. The predicted octanol–water partition coefficient (Wildman–Crippen LogP) is 3.12. The third-order valence-corrected chi connectivity index (χ3v) is 4.76. The van der Waals surface area contributed by atoms with Gasteiger partial charge in [0.2, 0.25) is 0 Å². The molecule has 3 rings (SSSR count). The molecule has 0 aliphatic heterocycles. The Bertz CT molecular complexity index is 477. The van der Waals surface area contributed by atoms with Gasteiger partial charge in [0.15, 0.2) is 5.78 Å². The van der Waals surface area contributed by atoms with Gasteiger partial charge in [-0.1, -0.05) is 36.8 Å². The zero-order valence-electron chi connectivity index (χ0n) is 10.6. The van der Waals surface area contributed by atoms with Gasteiger partial charge in [0.1, 0.15) is 5.78 Å². The summed E-state index contributed by atoms with van der Waals surface area (Å²) in [4.78, 5) is 24.3. The van der Waals surface area contributed by atoms with E-state index >= 15 is 0 Å². The summed E-state index contributed by atoms with van der Waals surface area (Å²) < 4.78 is 0. The lowest BCUT2D eigenvalue weighted by Crippen LogP contribution is -2.51. The molecule has 2 heteroatoms. The fourth-order valence-electron chi connectivity index (χ4n) is 4.00. The zero-order valence-corrected chi connectivity index (χ0v) is 10.6. The van der Waals surface area contributed by atoms with E-state index in [0.717, 1.165) is 18.4 Å². The van der Waals surface area contributed by atoms with Crippen LogP contribution in [0.25, 0.3) is 0 Å². The maximum absolute atomic E-state index is 12.5. The van der Waals surface area contributed by atoms with Crippen molar-refractivity contribution in [1.82, 2.24) is 0 Å². The predicted molar refractivity (Wildman–Crippen MR) is 69.3 cm³/mol. The van der Waals surface area contributed by atoms with Crippen molar-refractivity contribution in [2.45, 2.75) is 26.2 Å². The van der Waals surface area contributed by atoms with E-state index in [4.69, 9.17) is 0 Å². The van der Waals surface area contributed by atoms with Crippen LogP contribution in [0.1, 0.15) is 36.5 Å². The van der Waals surface area contributed by atoms with Crippen LogP contribution in [-0.4, -0.2) is 11.6 Å². The molecule has 0 amide bonds. The third-order valence-electron chi connectivity index (χ3n) is 4.76. The SMILES string of the molecule is CC(=O)[C@H]1[C@H]2CCC[C@H]2[C@@H]1C(=O)c1ccccc1. The van der Waals surface area contributed by atoms with E-state index in [1.807, 2.05) is 30.3 Å². The van der Waals surface area contributed by atoms with Crippen LogP contribution in [0.2, 0.25) is 0 Å². The molecular formula is C16H18O2. The molecule has 2 aliphatic rings. The normalized spacial score (nSPS) is 33.6. The number of hydrogen-bond acceptors (Lipinski definition) is 2. The highest BCUT2D eigenvalue weighted by Gasteiger charge is 2.56. The quantitative estimate of drug-likeness (QED) is 0.763. The van der Waals surface area contributed by atoms with E-state index < -0.39 is 0 Å². The molecule has 2 saturated carbocycles. The minimum absolute atomic E-state index is 0.00907. The molecule has 94 valence electrons. The summed E-state index contributed by atoms with van der Waals surface area (Å²) in [6.45, 7) is 1.64. The molecule has 18 heavy (non-hydrogen) atoms. The first-order chi connectivity index (χ1) is 8.70. The summed E-state index contributed by atoms with van der Waals surface area (Å²) in [6.07, 6.45) is 3.43. The maximum Gasteiger partial charge on any atom is 0.166 e. The molecule has 1 aromatic rings. The van der Waals surface area contributed by atoms with Gasteiger partial charge in [-0.25, -0.2) is 0 Å². The van der Waals surface area contributed by atoms with Gasteiger partial charge < -0.3 is 0 Å². The van der Waals surface area contributed by atoms with Crippen LogP contribution in [0.3, 0.4) is 0 Å². The Balaban J connectivity index is 1.87. The number of Topliss-reactive ketones (excluding diaryl/α,β-unsaturated/α-hetero) is 2. The number of fused-ring (bicyclic) bond motifs is 1. The summed E-state index contributed by atoms with van der Waals surface area (Å²) in [5.41, 5.74) is 0.763. The summed E-state index contributed by atoms with van der Waals surface area (Å²) in [5.74, 6) is 1.28. The number of benzene rings is 1. The monoisotopic (exact) mass is 242 g/mol. The van der Waals surface area contributed by atoms with Crippen molar-refractivity contribution in [3.8, 4) is 0 Å². The van der Waals surface area contributed by atoms with Crippen molar-refractivity contribution in [2.75, 3.05) is 0 Å². The first kappa shape index (κ1) is 11.6. The van der Waals surface area contributed by atoms with Gasteiger partial charge in [0.05, 0.1) is 0 Å². The van der Waals surface area contributed by atoms with Crippen LogP contribution in [-0.2, 0) is 4.79 Å². The molecule has 0 aromatic heterocycles. The Hall–Kier alpha value is -1.44. The number of carbonyl (C=O) groups excluding carboxylic acids is 2. The zero-order chi connectivity index (χ0) is 12.7. The molecule has 0 heterocycles. The highest BCUT2D eigenvalue weighted by atomic mass is 16.1. The lowest BCUT2D eigenvalue weighted by atomic mass is 9.55. The first-order valence-electron chi connectivity index (χ1n) is 6.80. The van der Waals surface area contributed by atoms with E-state index in [1.165, 1.54) is 6.42 Å². The Morgan fingerprint density at radius 3 is 2.22 bits per heavy atom. The first-order valence-corrected chi connectivity index (χ1v) is 6.80. The van der Waals surface area contributed by atoms with Crippen LogP contribution < -0.4 is 0 Å². The van der Waals surface area contributed by atoms with Gasteiger partial charge >= 0.3 is 0 Å². The molecular weight excluding hydrogens is 224 g/mol. The van der Waals surface area contributed by atoms with Gasteiger partial charge in [0.25, 0.3) is 0 Å². The van der Waals surface area contributed by atoms with Crippen molar-refractivity contribution in [2.24, 2.45) is 23.7 Å². The average Bonchev–Trinajstić information content (AvgIpc) is 2.73. The maximum atomic E-state index is 12.5. The van der Waals surface area contributed by atoms with Crippen LogP contribution in [0.15, 0.2) is 30.3 Å². The molecule has 2 nitrogen and oxygen atoms in total. The fraction of sp³-hybridized carbons (Fsp3) is 0.500. The number of carbonyl (C=O) groups is 2. The Morgan fingerprint density at radius 2 is 1.61 bits per heavy atom.